The zero-order valence-corrected chi connectivity index (χ0v) is 20.2. The van der Waals surface area contributed by atoms with Gasteiger partial charge < -0.3 is 14.8 Å². The zero-order valence-electron chi connectivity index (χ0n) is 20.2. The zero-order chi connectivity index (χ0) is 24.9. The van der Waals surface area contributed by atoms with E-state index in [1.54, 1.807) is 17.0 Å². The molecule has 2 aliphatic heterocycles. The molecule has 0 spiro atoms. The van der Waals surface area contributed by atoms with E-state index in [2.05, 4.69) is 26.0 Å². The number of piperidine rings is 1. The number of carbonyl (C=O) groups is 1. The second-order valence-electron chi connectivity index (χ2n) is 9.81. The van der Waals surface area contributed by atoms with Crippen LogP contribution < -0.4 is 4.90 Å². The first-order valence-electron chi connectivity index (χ1n) is 12.7. The van der Waals surface area contributed by atoms with Gasteiger partial charge in [-0.15, -0.1) is 0 Å². The number of rotatable bonds is 3. The number of imidazole rings is 1. The fourth-order valence-corrected chi connectivity index (χ4v) is 5.63. The molecule has 0 unspecified atom stereocenters. The third-order valence-corrected chi connectivity index (χ3v) is 7.64. The fraction of sp³-hybridized carbons (Fsp3) is 0.286. The Bertz CT molecular complexity index is 1620. The lowest BCUT2D eigenvalue weighted by molar-refractivity contribution is 0.0689. The molecule has 0 aliphatic carbocycles. The minimum atomic E-state index is -0.724. The van der Waals surface area contributed by atoms with Gasteiger partial charge in [-0.1, -0.05) is 24.3 Å². The van der Waals surface area contributed by atoms with Crippen molar-refractivity contribution in [3.63, 3.8) is 0 Å². The molecule has 186 valence electrons. The molecule has 9 heteroatoms. The van der Waals surface area contributed by atoms with Crippen molar-refractivity contribution in [3.8, 4) is 0 Å². The highest BCUT2D eigenvalue weighted by atomic mass is 19.1. The highest BCUT2D eigenvalue weighted by Gasteiger charge is 2.36. The number of alkyl halides is 1. The van der Waals surface area contributed by atoms with Crippen molar-refractivity contribution in [3.05, 3.63) is 90.0 Å². The number of hydrogen-bond donors (Lipinski definition) is 1. The van der Waals surface area contributed by atoms with Gasteiger partial charge in [0.25, 0.3) is 5.91 Å². The third-order valence-electron chi connectivity index (χ3n) is 7.64. The Morgan fingerprint density at radius 1 is 1.00 bits per heavy atom. The van der Waals surface area contributed by atoms with Crippen molar-refractivity contribution < 1.29 is 9.18 Å². The SMILES string of the molecule is O=C(c1cnn2cc(N3CCC(F)CC3)ccc12)N1CCc2[nH]cnc2[C@H]1c1cc2ccccc2cn1. The molecule has 0 bridgehead atoms. The van der Waals surface area contributed by atoms with E-state index >= 15 is 0 Å². The van der Waals surface area contributed by atoms with E-state index in [1.807, 2.05) is 53.7 Å². The van der Waals surface area contributed by atoms with Gasteiger partial charge >= 0.3 is 0 Å². The topological polar surface area (TPSA) is 82.4 Å². The van der Waals surface area contributed by atoms with Crippen LogP contribution in [0.2, 0.25) is 0 Å². The number of hydrogen-bond acceptors (Lipinski definition) is 5. The van der Waals surface area contributed by atoms with Crippen LogP contribution in [0.15, 0.2) is 67.4 Å². The maximum absolute atomic E-state index is 14.0. The molecule has 1 fully saturated rings. The van der Waals surface area contributed by atoms with Gasteiger partial charge in [-0.2, -0.15) is 5.10 Å². The van der Waals surface area contributed by atoms with Crippen LogP contribution >= 0.6 is 0 Å². The first-order valence-corrected chi connectivity index (χ1v) is 12.7. The molecule has 1 N–H and O–H groups in total. The molecule has 5 aromatic rings. The Labute approximate surface area is 212 Å². The number of aromatic nitrogens is 5. The average Bonchev–Trinajstić information content (AvgIpc) is 3.59. The monoisotopic (exact) mass is 495 g/mol. The normalized spacial score (nSPS) is 18.5. The summed E-state index contributed by atoms with van der Waals surface area (Å²) in [6, 6.07) is 13.7. The van der Waals surface area contributed by atoms with Crippen LogP contribution in [-0.4, -0.2) is 61.2 Å². The maximum atomic E-state index is 14.0. The number of carbonyl (C=O) groups excluding carboxylic acids is 1. The number of H-pyrrole nitrogens is 1. The molecule has 2 aliphatic rings. The van der Waals surface area contributed by atoms with Crippen LogP contribution in [-0.2, 0) is 6.42 Å². The molecular formula is C28H26FN7O. The standard InChI is InChI=1S/C28H26FN7O/c29-20-7-10-34(11-8-20)21-5-6-25-22(15-33-36(25)16-21)28(37)35-12-9-23-26(32-17-31-23)27(35)24-13-18-3-1-2-4-19(18)14-30-24/h1-6,13-17,20,27H,7-12H2,(H,31,32)/t27-/m1/s1. The highest BCUT2D eigenvalue weighted by Crippen LogP contribution is 2.35. The van der Waals surface area contributed by atoms with Crippen molar-refractivity contribution in [1.29, 1.82) is 0 Å². The van der Waals surface area contributed by atoms with Gasteiger partial charge in [0, 0.05) is 43.3 Å². The largest absolute Gasteiger partial charge is 0.370 e. The van der Waals surface area contributed by atoms with E-state index in [0.717, 1.165) is 39.1 Å². The van der Waals surface area contributed by atoms with E-state index in [9.17, 15) is 9.18 Å². The summed E-state index contributed by atoms with van der Waals surface area (Å²) in [4.78, 5) is 30.6. The highest BCUT2D eigenvalue weighted by molar-refractivity contribution is 6.01. The molecule has 37 heavy (non-hydrogen) atoms. The Morgan fingerprint density at radius 3 is 2.70 bits per heavy atom. The maximum Gasteiger partial charge on any atom is 0.258 e. The predicted molar refractivity (Wildman–Crippen MR) is 138 cm³/mol. The quantitative estimate of drug-likeness (QED) is 0.403. The van der Waals surface area contributed by atoms with Gasteiger partial charge in [-0.05, 0) is 36.4 Å². The van der Waals surface area contributed by atoms with E-state index in [0.29, 0.717) is 44.5 Å². The van der Waals surface area contributed by atoms with Gasteiger partial charge in [-0.25, -0.2) is 13.9 Å². The average molecular weight is 496 g/mol. The molecule has 1 saturated heterocycles. The molecule has 0 saturated carbocycles. The first kappa shape index (κ1) is 22.0. The van der Waals surface area contributed by atoms with Crippen molar-refractivity contribution in [2.75, 3.05) is 24.5 Å². The number of aromatic amines is 1. The summed E-state index contributed by atoms with van der Waals surface area (Å²) in [6.45, 7) is 1.90. The molecule has 6 heterocycles. The van der Waals surface area contributed by atoms with Gasteiger partial charge in [0.2, 0.25) is 0 Å². The molecule has 4 aromatic heterocycles. The summed E-state index contributed by atoms with van der Waals surface area (Å²) in [6.07, 6.45) is 8.16. The number of halogens is 1. The molecule has 1 atom stereocenters. The minimum absolute atomic E-state index is 0.102. The summed E-state index contributed by atoms with van der Waals surface area (Å²) in [7, 11) is 0. The second-order valence-corrected chi connectivity index (χ2v) is 9.81. The number of nitrogens with zero attached hydrogens (tertiary/aromatic N) is 6. The Morgan fingerprint density at radius 2 is 1.84 bits per heavy atom. The van der Waals surface area contributed by atoms with E-state index < -0.39 is 12.2 Å². The molecule has 7 rings (SSSR count). The minimum Gasteiger partial charge on any atom is -0.370 e. The Hall–Kier alpha value is -4.27. The lowest BCUT2D eigenvalue weighted by atomic mass is 9.97. The summed E-state index contributed by atoms with van der Waals surface area (Å²) < 4.78 is 15.3. The number of pyridine rings is 2. The molecule has 1 amide bonds. The Balaban J connectivity index is 1.25. The van der Waals surface area contributed by atoms with Gasteiger partial charge in [-0.3, -0.25) is 9.78 Å². The summed E-state index contributed by atoms with van der Waals surface area (Å²) in [5.41, 5.74) is 4.92. The molecule has 1 aromatic carbocycles. The van der Waals surface area contributed by atoms with Crippen LogP contribution in [0.3, 0.4) is 0 Å². The van der Waals surface area contributed by atoms with Gasteiger partial charge in [0.15, 0.2) is 0 Å². The van der Waals surface area contributed by atoms with E-state index in [1.165, 1.54) is 0 Å². The molecule has 8 nitrogen and oxygen atoms in total. The van der Waals surface area contributed by atoms with Crippen LogP contribution in [0.4, 0.5) is 10.1 Å². The summed E-state index contributed by atoms with van der Waals surface area (Å²) in [5, 5.41) is 6.63. The molecule has 0 radical (unpaired) electrons. The number of nitrogens with one attached hydrogen (secondary N) is 1. The fourth-order valence-electron chi connectivity index (χ4n) is 5.63. The van der Waals surface area contributed by atoms with E-state index in [-0.39, 0.29) is 5.91 Å². The van der Waals surface area contributed by atoms with Gasteiger partial charge in [0.1, 0.15) is 12.2 Å². The smallest absolute Gasteiger partial charge is 0.258 e. The predicted octanol–water partition coefficient (Wildman–Crippen LogP) is 4.33. The van der Waals surface area contributed by atoms with Crippen LogP contribution in [0.5, 0.6) is 0 Å². The van der Waals surface area contributed by atoms with Crippen molar-refractivity contribution in [2.24, 2.45) is 0 Å². The second kappa shape index (κ2) is 8.69. The van der Waals surface area contributed by atoms with Crippen LogP contribution in [0.1, 0.15) is 46.3 Å². The lowest BCUT2D eigenvalue weighted by Crippen LogP contribution is -2.41. The molecular weight excluding hydrogens is 469 g/mol. The van der Waals surface area contributed by atoms with Crippen molar-refractivity contribution in [2.45, 2.75) is 31.5 Å². The van der Waals surface area contributed by atoms with Crippen LogP contribution in [0, 0.1) is 0 Å². The first-order chi connectivity index (χ1) is 18.2. The van der Waals surface area contributed by atoms with Crippen molar-refractivity contribution >= 4 is 27.9 Å². The Kier molecular flexibility index (Phi) is 5.16. The summed E-state index contributed by atoms with van der Waals surface area (Å²) in [5.74, 6) is -0.102. The number of fused-ring (bicyclic) bond motifs is 3. The lowest BCUT2D eigenvalue weighted by Gasteiger charge is -2.34. The van der Waals surface area contributed by atoms with E-state index in [4.69, 9.17) is 4.98 Å². The number of amides is 1. The number of anilines is 1. The summed E-state index contributed by atoms with van der Waals surface area (Å²) >= 11 is 0. The number of benzene rings is 1. The van der Waals surface area contributed by atoms with Gasteiger partial charge in [0.05, 0.1) is 46.9 Å². The third kappa shape index (κ3) is 3.73. The van der Waals surface area contributed by atoms with Crippen molar-refractivity contribution in [1.82, 2.24) is 29.5 Å². The van der Waals surface area contributed by atoms with Crippen LogP contribution in [0.25, 0.3) is 16.3 Å².